The van der Waals surface area contributed by atoms with Gasteiger partial charge < -0.3 is 14.7 Å². The maximum Gasteiger partial charge on any atom is 0.303 e. The number of hydrogen-bond donors (Lipinski definition) is 1. The third-order valence-electron chi connectivity index (χ3n) is 3.30. The van der Waals surface area contributed by atoms with Gasteiger partial charge in [0.2, 0.25) is 0 Å². The van der Waals surface area contributed by atoms with Crippen molar-refractivity contribution in [3.05, 3.63) is 0 Å². The zero-order chi connectivity index (χ0) is 11.8. The molecule has 1 saturated heterocycles. The normalized spacial score (nSPS) is 18.8. The van der Waals surface area contributed by atoms with E-state index in [9.17, 15) is 4.79 Å². The topological polar surface area (TPSA) is 49.8 Å². The highest BCUT2D eigenvalue weighted by molar-refractivity contribution is 5.66. The van der Waals surface area contributed by atoms with Gasteiger partial charge in [0, 0.05) is 26.7 Å². The first-order chi connectivity index (χ1) is 7.72. The summed E-state index contributed by atoms with van der Waals surface area (Å²) in [6.07, 6.45) is 4.58. The van der Waals surface area contributed by atoms with E-state index >= 15 is 0 Å². The lowest BCUT2D eigenvalue weighted by Crippen LogP contribution is -2.34. The predicted octanol–water partition coefficient (Wildman–Crippen LogP) is 1.60. The van der Waals surface area contributed by atoms with Crippen molar-refractivity contribution in [2.75, 3.05) is 33.4 Å². The quantitative estimate of drug-likeness (QED) is 0.674. The van der Waals surface area contributed by atoms with Crippen molar-refractivity contribution < 1.29 is 14.6 Å². The van der Waals surface area contributed by atoms with E-state index in [0.29, 0.717) is 12.3 Å². The summed E-state index contributed by atoms with van der Waals surface area (Å²) in [6.45, 7) is 4.18. The molecule has 4 heteroatoms. The van der Waals surface area contributed by atoms with Gasteiger partial charge in [-0.1, -0.05) is 0 Å². The highest BCUT2D eigenvalue weighted by Gasteiger charge is 2.19. The fraction of sp³-hybridized carbons (Fsp3) is 0.917. The largest absolute Gasteiger partial charge is 0.481 e. The molecule has 1 aliphatic heterocycles. The van der Waals surface area contributed by atoms with Gasteiger partial charge in [-0.25, -0.2) is 0 Å². The number of ether oxygens (including phenoxy) is 1. The van der Waals surface area contributed by atoms with Gasteiger partial charge in [0.05, 0.1) is 0 Å². The van der Waals surface area contributed by atoms with E-state index in [0.717, 1.165) is 51.9 Å². The molecule has 0 aromatic carbocycles. The molecule has 0 radical (unpaired) electrons. The Labute approximate surface area is 97.6 Å². The number of aliphatic carboxylic acids is 1. The summed E-state index contributed by atoms with van der Waals surface area (Å²) in [6, 6.07) is 0. The molecule has 0 atom stereocenters. The van der Waals surface area contributed by atoms with Crippen LogP contribution in [0.25, 0.3) is 0 Å². The lowest BCUT2D eigenvalue weighted by molar-refractivity contribution is -0.137. The SMILES string of the molecule is COCCCN1CCC(CCC(=O)O)CC1. The molecule has 94 valence electrons. The van der Waals surface area contributed by atoms with Crippen LogP contribution in [0, 0.1) is 5.92 Å². The first-order valence-electron chi connectivity index (χ1n) is 6.15. The number of rotatable bonds is 7. The second kappa shape index (κ2) is 7.63. The summed E-state index contributed by atoms with van der Waals surface area (Å²) >= 11 is 0. The maximum absolute atomic E-state index is 10.5. The molecule has 1 aliphatic rings. The number of methoxy groups -OCH3 is 1. The van der Waals surface area contributed by atoms with Gasteiger partial charge in [0.1, 0.15) is 0 Å². The van der Waals surface area contributed by atoms with Gasteiger partial charge in [-0.15, -0.1) is 0 Å². The van der Waals surface area contributed by atoms with Crippen LogP contribution in [-0.2, 0) is 9.53 Å². The van der Waals surface area contributed by atoms with E-state index < -0.39 is 5.97 Å². The molecule has 16 heavy (non-hydrogen) atoms. The fourth-order valence-corrected chi connectivity index (χ4v) is 2.26. The Balaban J connectivity index is 2.06. The summed E-state index contributed by atoms with van der Waals surface area (Å²) in [5.74, 6) is -0.0442. The minimum absolute atomic E-state index is 0.328. The maximum atomic E-state index is 10.5. The van der Waals surface area contributed by atoms with Crippen LogP contribution in [0.2, 0.25) is 0 Å². The minimum atomic E-state index is -0.664. The third kappa shape index (κ3) is 5.47. The van der Waals surface area contributed by atoms with E-state index in [2.05, 4.69) is 4.90 Å². The molecule has 1 rings (SSSR count). The van der Waals surface area contributed by atoms with E-state index in [-0.39, 0.29) is 0 Å². The molecule has 1 fully saturated rings. The molecule has 0 aromatic heterocycles. The number of carboxylic acid groups (broad SMARTS) is 1. The van der Waals surface area contributed by atoms with Crippen molar-refractivity contribution in [3.8, 4) is 0 Å². The molecule has 1 heterocycles. The molecule has 0 aromatic rings. The summed E-state index contributed by atoms with van der Waals surface area (Å²) in [7, 11) is 1.73. The Hall–Kier alpha value is -0.610. The molecule has 4 nitrogen and oxygen atoms in total. The van der Waals surface area contributed by atoms with Crippen LogP contribution >= 0.6 is 0 Å². The van der Waals surface area contributed by atoms with Crippen LogP contribution in [0.4, 0.5) is 0 Å². The Kier molecular flexibility index (Phi) is 6.42. The summed E-state index contributed by atoms with van der Waals surface area (Å²) in [5.41, 5.74) is 0. The molecular formula is C12H23NO3. The lowest BCUT2D eigenvalue weighted by Gasteiger charge is -2.31. The molecule has 0 spiro atoms. The van der Waals surface area contributed by atoms with E-state index in [1.54, 1.807) is 7.11 Å². The highest BCUT2D eigenvalue weighted by atomic mass is 16.5. The van der Waals surface area contributed by atoms with Crippen molar-refractivity contribution in [3.63, 3.8) is 0 Å². The molecule has 0 amide bonds. The van der Waals surface area contributed by atoms with Gasteiger partial charge >= 0.3 is 5.97 Å². The number of nitrogens with zero attached hydrogens (tertiary/aromatic N) is 1. The van der Waals surface area contributed by atoms with E-state index in [4.69, 9.17) is 9.84 Å². The Morgan fingerprint density at radius 3 is 2.69 bits per heavy atom. The van der Waals surface area contributed by atoms with Crippen LogP contribution in [0.1, 0.15) is 32.1 Å². The monoisotopic (exact) mass is 229 g/mol. The van der Waals surface area contributed by atoms with Crippen molar-refractivity contribution >= 4 is 5.97 Å². The van der Waals surface area contributed by atoms with Crippen molar-refractivity contribution in [2.24, 2.45) is 5.92 Å². The Morgan fingerprint density at radius 1 is 1.44 bits per heavy atom. The molecular weight excluding hydrogens is 206 g/mol. The smallest absolute Gasteiger partial charge is 0.303 e. The lowest BCUT2D eigenvalue weighted by atomic mass is 9.92. The van der Waals surface area contributed by atoms with E-state index in [1.165, 1.54) is 0 Å². The van der Waals surface area contributed by atoms with Gasteiger partial charge in [-0.05, 0) is 44.7 Å². The molecule has 0 unspecified atom stereocenters. The number of hydrogen-bond acceptors (Lipinski definition) is 3. The molecule has 0 bridgehead atoms. The van der Waals surface area contributed by atoms with Crippen LogP contribution in [0.5, 0.6) is 0 Å². The van der Waals surface area contributed by atoms with Crippen LogP contribution in [0.3, 0.4) is 0 Å². The zero-order valence-corrected chi connectivity index (χ0v) is 10.2. The first-order valence-corrected chi connectivity index (χ1v) is 6.15. The fourth-order valence-electron chi connectivity index (χ4n) is 2.26. The van der Waals surface area contributed by atoms with Crippen molar-refractivity contribution in [1.82, 2.24) is 4.90 Å². The van der Waals surface area contributed by atoms with Crippen LogP contribution in [0.15, 0.2) is 0 Å². The van der Waals surface area contributed by atoms with Gasteiger partial charge in [0.25, 0.3) is 0 Å². The van der Waals surface area contributed by atoms with Crippen molar-refractivity contribution in [1.29, 1.82) is 0 Å². The standard InChI is InChI=1S/C12H23NO3/c1-16-10-2-7-13-8-5-11(6-9-13)3-4-12(14)15/h11H,2-10H2,1H3,(H,14,15). The Bertz CT molecular complexity index is 200. The van der Waals surface area contributed by atoms with Crippen LogP contribution < -0.4 is 0 Å². The third-order valence-corrected chi connectivity index (χ3v) is 3.30. The van der Waals surface area contributed by atoms with Gasteiger partial charge in [0.15, 0.2) is 0 Å². The minimum Gasteiger partial charge on any atom is -0.481 e. The summed E-state index contributed by atoms with van der Waals surface area (Å²) in [4.78, 5) is 12.9. The number of carboxylic acids is 1. The first kappa shape index (κ1) is 13.5. The Morgan fingerprint density at radius 2 is 2.12 bits per heavy atom. The molecule has 0 saturated carbocycles. The van der Waals surface area contributed by atoms with Gasteiger partial charge in [-0.3, -0.25) is 4.79 Å². The summed E-state index contributed by atoms with van der Waals surface area (Å²) < 4.78 is 5.03. The van der Waals surface area contributed by atoms with Crippen LogP contribution in [-0.4, -0.2) is 49.3 Å². The predicted molar refractivity (Wildman–Crippen MR) is 62.5 cm³/mol. The van der Waals surface area contributed by atoms with Gasteiger partial charge in [-0.2, -0.15) is 0 Å². The second-order valence-electron chi connectivity index (χ2n) is 4.56. The second-order valence-corrected chi connectivity index (χ2v) is 4.56. The van der Waals surface area contributed by atoms with Crippen molar-refractivity contribution in [2.45, 2.75) is 32.1 Å². The average molecular weight is 229 g/mol. The molecule has 1 N–H and O–H groups in total. The molecule has 0 aliphatic carbocycles. The summed E-state index contributed by atoms with van der Waals surface area (Å²) in [5, 5.41) is 8.62. The average Bonchev–Trinajstić information content (AvgIpc) is 2.28. The number of likely N-dealkylation sites (tertiary alicyclic amines) is 1. The highest BCUT2D eigenvalue weighted by Crippen LogP contribution is 2.21. The number of piperidine rings is 1. The number of carbonyl (C=O) groups is 1. The van der Waals surface area contributed by atoms with E-state index in [1.807, 2.05) is 0 Å². The zero-order valence-electron chi connectivity index (χ0n) is 10.2.